The van der Waals surface area contributed by atoms with Gasteiger partial charge >= 0.3 is 5.97 Å². The van der Waals surface area contributed by atoms with Gasteiger partial charge in [0.25, 0.3) is 11.8 Å². The second-order valence-corrected chi connectivity index (χ2v) is 6.96. The molecule has 1 heterocycles. The van der Waals surface area contributed by atoms with Gasteiger partial charge in [0, 0.05) is 5.69 Å². The summed E-state index contributed by atoms with van der Waals surface area (Å²) in [5, 5.41) is 2.72. The zero-order chi connectivity index (χ0) is 21.0. The van der Waals surface area contributed by atoms with Crippen LogP contribution in [0.1, 0.15) is 35.7 Å². The fourth-order valence-corrected chi connectivity index (χ4v) is 3.12. The van der Waals surface area contributed by atoms with E-state index in [1.165, 1.54) is 12.1 Å². The van der Waals surface area contributed by atoms with Crippen molar-refractivity contribution in [1.82, 2.24) is 0 Å². The van der Waals surface area contributed by atoms with E-state index in [4.69, 9.17) is 16.3 Å². The number of benzene rings is 2. The van der Waals surface area contributed by atoms with E-state index in [-0.39, 0.29) is 28.6 Å². The van der Waals surface area contributed by atoms with Crippen molar-refractivity contribution in [2.24, 2.45) is 0 Å². The lowest BCUT2D eigenvalue weighted by atomic mass is 10.1. The van der Waals surface area contributed by atoms with Gasteiger partial charge in [0.15, 0.2) is 0 Å². The molecule has 1 N–H and O–H groups in total. The zero-order valence-corrected chi connectivity index (χ0v) is 17.0. The summed E-state index contributed by atoms with van der Waals surface area (Å²) in [7, 11) is 0. The average Bonchev–Trinajstić information content (AvgIpc) is 2.93. The largest absolute Gasteiger partial charge is 0.462 e. The fourth-order valence-electron chi connectivity index (χ4n) is 2.91. The molecule has 150 valence electrons. The number of para-hydroxylation sites is 2. The molecule has 2 aromatic carbocycles. The first-order valence-electron chi connectivity index (χ1n) is 9.33. The van der Waals surface area contributed by atoms with E-state index < -0.39 is 17.8 Å². The average molecular weight is 413 g/mol. The van der Waals surface area contributed by atoms with Crippen LogP contribution in [0.2, 0.25) is 0 Å². The Hall–Kier alpha value is -3.12. The number of rotatable bonds is 7. The highest BCUT2D eigenvalue weighted by molar-refractivity contribution is 6.53. The van der Waals surface area contributed by atoms with Gasteiger partial charge in [-0.15, -0.1) is 0 Å². The maximum absolute atomic E-state index is 13.0. The second-order valence-electron chi connectivity index (χ2n) is 6.58. The lowest BCUT2D eigenvalue weighted by Crippen LogP contribution is -2.33. The topological polar surface area (TPSA) is 75.7 Å². The van der Waals surface area contributed by atoms with E-state index in [0.717, 1.165) is 23.3 Å². The van der Waals surface area contributed by atoms with Gasteiger partial charge in [-0.1, -0.05) is 55.3 Å². The minimum Gasteiger partial charge on any atom is -0.462 e. The van der Waals surface area contributed by atoms with E-state index in [1.807, 2.05) is 32.0 Å². The quantitative estimate of drug-likeness (QED) is 0.414. The first-order chi connectivity index (χ1) is 14.0. The number of anilines is 2. The Bertz CT molecular complexity index is 1000. The van der Waals surface area contributed by atoms with Crippen LogP contribution in [0.4, 0.5) is 11.4 Å². The van der Waals surface area contributed by atoms with Gasteiger partial charge in [0.05, 0.1) is 17.9 Å². The number of carbonyl (C=O) groups excluding carboxylic acids is 3. The number of carbonyl (C=O) groups is 3. The third kappa shape index (κ3) is 4.17. The predicted molar refractivity (Wildman–Crippen MR) is 112 cm³/mol. The maximum Gasteiger partial charge on any atom is 0.340 e. The van der Waals surface area contributed by atoms with Gasteiger partial charge in [0.1, 0.15) is 10.7 Å². The van der Waals surface area contributed by atoms with Gasteiger partial charge < -0.3 is 10.1 Å². The second kappa shape index (κ2) is 8.92. The van der Waals surface area contributed by atoms with Crippen molar-refractivity contribution in [2.75, 3.05) is 16.8 Å². The molecule has 2 aromatic rings. The van der Waals surface area contributed by atoms with Gasteiger partial charge in [-0.05, 0) is 37.1 Å². The van der Waals surface area contributed by atoms with Crippen LogP contribution in [0.15, 0.2) is 59.3 Å². The van der Waals surface area contributed by atoms with Crippen LogP contribution in [-0.4, -0.2) is 24.4 Å². The smallest absolute Gasteiger partial charge is 0.340 e. The van der Waals surface area contributed by atoms with Crippen LogP contribution in [0.3, 0.4) is 0 Å². The molecule has 2 amide bonds. The van der Waals surface area contributed by atoms with Crippen LogP contribution < -0.4 is 10.2 Å². The van der Waals surface area contributed by atoms with Gasteiger partial charge in [-0.2, -0.15) is 0 Å². The molecule has 6 nitrogen and oxygen atoms in total. The number of halogens is 1. The molecular weight excluding hydrogens is 392 g/mol. The molecule has 0 spiro atoms. The van der Waals surface area contributed by atoms with E-state index in [9.17, 15) is 14.4 Å². The van der Waals surface area contributed by atoms with Crippen LogP contribution >= 0.6 is 11.6 Å². The number of unbranched alkanes of at least 4 members (excludes halogenated alkanes) is 1. The lowest BCUT2D eigenvalue weighted by Gasteiger charge is -2.18. The normalized spacial score (nSPS) is 13.8. The summed E-state index contributed by atoms with van der Waals surface area (Å²) in [5.41, 5.74) is 1.80. The number of imide groups is 1. The molecule has 0 fully saturated rings. The number of aryl methyl sites for hydroxylation is 1. The fraction of sp³-hybridized carbons (Fsp3) is 0.227. The van der Waals surface area contributed by atoms with Crippen LogP contribution in [-0.2, 0) is 14.3 Å². The van der Waals surface area contributed by atoms with Crippen molar-refractivity contribution in [3.8, 4) is 0 Å². The number of nitrogens with zero attached hydrogens (tertiary/aromatic N) is 1. The Morgan fingerprint density at radius 3 is 2.48 bits per heavy atom. The summed E-state index contributed by atoms with van der Waals surface area (Å²) >= 11 is 6.19. The van der Waals surface area contributed by atoms with Gasteiger partial charge in [0.2, 0.25) is 0 Å². The highest BCUT2D eigenvalue weighted by atomic mass is 35.5. The molecule has 1 aliphatic heterocycles. The van der Waals surface area contributed by atoms with Crippen molar-refractivity contribution in [2.45, 2.75) is 26.7 Å². The summed E-state index contributed by atoms with van der Waals surface area (Å²) in [6.07, 6.45) is 1.61. The molecule has 1 aliphatic rings. The monoisotopic (exact) mass is 412 g/mol. The first-order valence-corrected chi connectivity index (χ1v) is 9.70. The number of hydrogen-bond acceptors (Lipinski definition) is 5. The van der Waals surface area contributed by atoms with Crippen LogP contribution in [0.5, 0.6) is 0 Å². The zero-order valence-electron chi connectivity index (χ0n) is 16.2. The minimum absolute atomic E-state index is 0.0277. The number of esters is 1. The van der Waals surface area contributed by atoms with E-state index in [2.05, 4.69) is 5.32 Å². The Morgan fingerprint density at radius 1 is 1.07 bits per heavy atom. The van der Waals surface area contributed by atoms with Gasteiger partial charge in [-0.3, -0.25) is 9.59 Å². The minimum atomic E-state index is -0.693. The molecule has 0 saturated carbocycles. The van der Waals surface area contributed by atoms with Crippen molar-refractivity contribution >= 4 is 40.8 Å². The molecule has 0 atom stereocenters. The molecule has 0 aromatic heterocycles. The number of hydrogen-bond donors (Lipinski definition) is 1. The summed E-state index contributed by atoms with van der Waals surface area (Å²) in [6, 6.07) is 13.7. The first kappa shape index (κ1) is 20.6. The Labute approximate surface area is 174 Å². The number of ether oxygens (including phenoxy) is 1. The lowest BCUT2D eigenvalue weighted by molar-refractivity contribution is -0.120. The predicted octanol–water partition coefficient (Wildman–Crippen LogP) is 4.39. The number of amides is 2. The van der Waals surface area contributed by atoms with Crippen molar-refractivity contribution in [3.05, 3.63) is 70.4 Å². The van der Waals surface area contributed by atoms with Crippen molar-refractivity contribution in [1.29, 1.82) is 0 Å². The summed E-state index contributed by atoms with van der Waals surface area (Å²) < 4.78 is 5.25. The SMILES string of the molecule is CCCCOC(=O)c1ccccc1N1C(=O)C(Cl)=C(Nc2ccccc2C)C1=O. The Morgan fingerprint density at radius 2 is 1.76 bits per heavy atom. The molecule has 0 bridgehead atoms. The number of nitrogens with one attached hydrogen (secondary N) is 1. The molecule has 0 unspecified atom stereocenters. The van der Waals surface area contributed by atoms with Crippen LogP contribution in [0.25, 0.3) is 0 Å². The molecule has 29 heavy (non-hydrogen) atoms. The molecule has 7 heteroatoms. The molecule has 0 radical (unpaired) electrons. The van der Waals surface area contributed by atoms with Gasteiger partial charge in [-0.25, -0.2) is 9.69 Å². The van der Waals surface area contributed by atoms with E-state index >= 15 is 0 Å². The summed E-state index contributed by atoms with van der Waals surface area (Å²) in [6.45, 7) is 4.13. The third-order valence-corrected chi connectivity index (χ3v) is 4.88. The highest BCUT2D eigenvalue weighted by Crippen LogP contribution is 2.32. The molecular formula is C22H21ClN2O4. The van der Waals surface area contributed by atoms with Crippen molar-refractivity contribution in [3.63, 3.8) is 0 Å². The Balaban J connectivity index is 1.90. The third-order valence-electron chi connectivity index (χ3n) is 4.53. The maximum atomic E-state index is 13.0. The summed E-state index contributed by atoms with van der Waals surface area (Å²) in [5.74, 6) is -1.91. The van der Waals surface area contributed by atoms with E-state index in [1.54, 1.807) is 18.2 Å². The molecule has 0 aliphatic carbocycles. The molecule has 3 rings (SSSR count). The summed E-state index contributed by atoms with van der Waals surface area (Å²) in [4.78, 5) is 39.2. The van der Waals surface area contributed by atoms with Crippen LogP contribution in [0, 0.1) is 6.92 Å². The molecule has 0 saturated heterocycles. The van der Waals surface area contributed by atoms with E-state index in [0.29, 0.717) is 5.69 Å². The highest BCUT2D eigenvalue weighted by Gasteiger charge is 2.40. The Kier molecular flexibility index (Phi) is 6.34. The standard InChI is InChI=1S/C22H21ClN2O4/c1-3-4-13-29-22(28)15-10-6-8-12-17(15)25-20(26)18(23)19(21(25)27)24-16-11-7-5-9-14(16)2/h5-12,24H,3-4,13H2,1-2H3. The van der Waals surface area contributed by atoms with Crippen molar-refractivity contribution < 1.29 is 19.1 Å².